The lowest BCUT2D eigenvalue weighted by atomic mass is 9.93. The molecular weight excluding hydrogens is 284 g/mol. The van der Waals surface area contributed by atoms with Gasteiger partial charge in [0, 0.05) is 28.7 Å². The van der Waals surface area contributed by atoms with Crippen molar-refractivity contribution >= 4 is 11.3 Å². The van der Waals surface area contributed by atoms with Crippen LogP contribution in [0.3, 0.4) is 0 Å². The molecule has 6 heteroatoms. The van der Waals surface area contributed by atoms with E-state index in [1.807, 2.05) is 23.0 Å². The van der Waals surface area contributed by atoms with E-state index < -0.39 is 0 Å². The molecule has 0 radical (unpaired) electrons. The van der Waals surface area contributed by atoms with Gasteiger partial charge in [0.25, 0.3) is 0 Å². The first-order chi connectivity index (χ1) is 10.3. The largest absolute Gasteiger partial charge is 0.394 e. The molecule has 1 aliphatic carbocycles. The van der Waals surface area contributed by atoms with Gasteiger partial charge in [0.2, 0.25) is 0 Å². The number of hydrogen-bond donors (Lipinski definition) is 2. The molecule has 5 nitrogen and oxygen atoms in total. The number of thiophene rings is 1. The summed E-state index contributed by atoms with van der Waals surface area (Å²) in [5, 5.41) is 25.9. The molecule has 2 aromatic heterocycles. The zero-order valence-electron chi connectivity index (χ0n) is 11.7. The average Bonchev–Trinajstić information content (AvgIpc) is 3.13. The van der Waals surface area contributed by atoms with Crippen molar-refractivity contribution in [1.29, 1.82) is 5.26 Å². The van der Waals surface area contributed by atoms with Crippen LogP contribution in [0.5, 0.6) is 0 Å². The van der Waals surface area contributed by atoms with E-state index in [1.165, 1.54) is 27.5 Å². The van der Waals surface area contributed by atoms with Gasteiger partial charge in [-0.15, -0.1) is 11.3 Å². The third kappa shape index (κ3) is 3.00. The summed E-state index contributed by atoms with van der Waals surface area (Å²) in [7, 11) is 0. The summed E-state index contributed by atoms with van der Waals surface area (Å²) in [5.74, 6) is 0. The molecule has 2 heterocycles. The van der Waals surface area contributed by atoms with E-state index in [4.69, 9.17) is 10.4 Å². The van der Waals surface area contributed by atoms with Crippen LogP contribution in [0, 0.1) is 11.3 Å². The zero-order valence-corrected chi connectivity index (χ0v) is 12.6. The highest BCUT2D eigenvalue weighted by Crippen LogP contribution is 2.30. The molecule has 2 aromatic rings. The van der Waals surface area contributed by atoms with E-state index in [-0.39, 0.29) is 6.61 Å². The lowest BCUT2D eigenvalue weighted by molar-refractivity contribution is 0.266. The average molecular weight is 302 g/mol. The second kappa shape index (κ2) is 6.39. The van der Waals surface area contributed by atoms with Crippen LogP contribution >= 0.6 is 11.3 Å². The van der Waals surface area contributed by atoms with Crippen molar-refractivity contribution in [3.05, 3.63) is 39.3 Å². The summed E-state index contributed by atoms with van der Waals surface area (Å²) in [6.07, 6.45) is 5.20. The maximum Gasteiger partial charge on any atom is 0.110 e. The molecule has 21 heavy (non-hydrogen) atoms. The van der Waals surface area contributed by atoms with Crippen molar-refractivity contribution in [2.45, 2.75) is 38.4 Å². The molecule has 1 atom stereocenters. The first-order valence-electron chi connectivity index (χ1n) is 7.19. The molecule has 110 valence electrons. The second-order valence-electron chi connectivity index (χ2n) is 5.20. The normalized spacial score (nSPS) is 17.4. The van der Waals surface area contributed by atoms with E-state index in [9.17, 15) is 0 Å². The maximum atomic E-state index is 9.08. The van der Waals surface area contributed by atoms with E-state index >= 15 is 0 Å². The third-order valence-electron chi connectivity index (χ3n) is 3.87. The van der Waals surface area contributed by atoms with Gasteiger partial charge in [-0.3, -0.25) is 4.68 Å². The number of rotatable bonds is 5. The number of nitriles is 1. The number of aliphatic hydroxyl groups is 1. The van der Waals surface area contributed by atoms with Crippen molar-refractivity contribution in [3.8, 4) is 6.07 Å². The summed E-state index contributed by atoms with van der Waals surface area (Å²) < 4.78 is 1.92. The van der Waals surface area contributed by atoms with Gasteiger partial charge in [-0.25, -0.2) is 0 Å². The molecule has 0 spiro atoms. The number of nitrogens with one attached hydrogen (secondary N) is 1. The Hall–Kier alpha value is -1.68. The highest BCUT2D eigenvalue weighted by molar-refractivity contribution is 7.12. The highest BCUT2D eigenvalue weighted by atomic mass is 32.1. The van der Waals surface area contributed by atoms with Crippen molar-refractivity contribution in [2.75, 3.05) is 6.61 Å². The fraction of sp³-hybridized carbons (Fsp3) is 0.467. The van der Waals surface area contributed by atoms with Gasteiger partial charge in [-0.2, -0.15) is 10.4 Å². The van der Waals surface area contributed by atoms with Gasteiger partial charge in [-0.1, -0.05) is 0 Å². The van der Waals surface area contributed by atoms with E-state index in [1.54, 1.807) is 0 Å². The smallest absolute Gasteiger partial charge is 0.110 e. The minimum absolute atomic E-state index is 0.123. The van der Waals surface area contributed by atoms with Gasteiger partial charge in [-0.05, 0) is 31.4 Å². The molecule has 1 aliphatic rings. The van der Waals surface area contributed by atoms with Crippen LogP contribution in [0.4, 0.5) is 0 Å². The Labute approximate surface area is 127 Å². The van der Waals surface area contributed by atoms with Crippen molar-refractivity contribution in [1.82, 2.24) is 15.1 Å². The molecule has 2 N–H and O–H groups in total. The Morgan fingerprint density at radius 2 is 2.43 bits per heavy atom. The van der Waals surface area contributed by atoms with Crippen LogP contribution in [0.25, 0.3) is 0 Å². The number of nitrogens with zero attached hydrogens (tertiary/aromatic N) is 3. The highest BCUT2D eigenvalue weighted by Gasteiger charge is 2.23. The zero-order chi connectivity index (χ0) is 14.7. The molecule has 0 fully saturated rings. The van der Waals surface area contributed by atoms with Crippen molar-refractivity contribution < 1.29 is 5.11 Å². The van der Waals surface area contributed by atoms with Gasteiger partial charge in [0.15, 0.2) is 0 Å². The number of aromatic nitrogens is 2. The van der Waals surface area contributed by atoms with E-state index in [2.05, 4.69) is 16.5 Å². The number of fused-ring (bicyclic) bond motifs is 1. The van der Waals surface area contributed by atoms with Crippen LogP contribution in [0.15, 0.2) is 18.3 Å². The first kappa shape index (κ1) is 14.3. The summed E-state index contributed by atoms with van der Waals surface area (Å²) in [6.45, 7) is 1.47. The number of aliphatic hydroxyl groups excluding tert-OH is 1. The predicted octanol–water partition coefficient (Wildman–Crippen LogP) is 1.98. The van der Waals surface area contributed by atoms with Crippen LogP contribution in [0.2, 0.25) is 0 Å². The Morgan fingerprint density at radius 3 is 3.19 bits per heavy atom. The summed E-state index contributed by atoms with van der Waals surface area (Å²) in [5.41, 5.74) is 2.50. The van der Waals surface area contributed by atoms with Crippen LogP contribution in [-0.4, -0.2) is 21.5 Å². The fourth-order valence-corrected chi connectivity index (χ4v) is 3.63. The van der Waals surface area contributed by atoms with Crippen molar-refractivity contribution in [3.63, 3.8) is 0 Å². The molecule has 0 saturated carbocycles. The molecule has 1 unspecified atom stereocenters. The third-order valence-corrected chi connectivity index (χ3v) is 4.86. The first-order valence-corrected chi connectivity index (χ1v) is 8.01. The molecular formula is C15H18N4OS. The molecule has 0 saturated heterocycles. The molecule has 0 bridgehead atoms. The van der Waals surface area contributed by atoms with Gasteiger partial charge < -0.3 is 10.4 Å². The summed E-state index contributed by atoms with van der Waals surface area (Å²) >= 11 is 1.54. The second-order valence-corrected chi connectivity index (χ2v) is 6.37. The summed E-state index contributed by atoms with van der Waals surface area (Å²) in [6, 6.07) is 6.36. The quantitative estimate of drug-likeness (QED) is 0.885. The topological polar surface area (TPSA) is 73.9 Å². The Bertz CT molecular complexity index is 655. The van der Waals surface area contributed by atoms with Crippen LogP contribution in [-0.2, 0) is 19.5 Å². The number of hydrogen-bond acceptors (Lipinski definition) is 5. The van der Waals surface area contributed by atoms with Gasteiger partial charge >= 0.3 is 0 Å². The molecule has 0 aromatic carbocycles. The Kier molecular flexibility index (Phi) is 4.34. The summed E-state index contributed by atoms with van der Waals surface area (Å²) in [4.78, 5) is 1.94. The van der Waals surface area contributed by atoms with Crippen LogP contribution < -0.4 is 5.32 Å². The van der Waals surface area contributed by atoms with Gasteiger partial charge in [0.05, 0.1) is 19.3 Å². The fourth-order valence-electron chi connectivity index (χ4n) is 2.87. The molecule has 0 amide bonds. The Morgan fingerprint density at radius 1 is 1.52 bits per heavy atom. The van der Waals surface area contributed by atoms with Crippen LogP contribution in [0.1, 0.15) is 39.9 Å². The van der Waals surface area contributed by atoms with Gasteiger partial charge in [0.1, 0.15) is 10.9 Å². The molecule has 0 aliphatic heterocycles. The van der Waals surface area contributed by atoms with E-state index in [0.29, 0.717) is 12.6 Å². The van der Waals surface area contributed by atoms with Crippen molar-refractivity contribution in [2.24, 2.45) is 0 Å². The minimum Gasteiger partial charge on any atom is -0.394 e. The van der Waals surface area contributed by atoms with E-state index in [0.717, 1.165) is 30.7 Å². The lowest BCUT2D eigenvalue weighted by Crippen LogP contribution is -2.25. The predicted molar refractivity (Wildman–Crippen MR) is 80.9 cm³/mol. The lowest BCUT2D eigenvalue weighted by Gasteiger charge is -2.24. The SMILES string of the molecule is N#Cc1ccc(CNC2CCCc3c2cnn3CCO)s1. The standard InChI is InChI=1S/C15H18N4OS/c16-8-11-4-5-12(21-11)9-17-14-2-1-3-15-13(14)10-18-19(15)6-7-20/h4-5,10,14,17,20H,1-3,6-7,9H2. The molecule has 3 rings (SSSR count). The Balaban J connectivity index is 1.69. The minimum atomic E-state index is 0.123. The monoisotopic (exact) mass is 302 g/mol. The maximum absolute atomic E-state index is 9.08.